The predicted octanol–water partition coefficient (Wildman–Crippen LogP) is 5.10. The molecule has 27 heavy (non-hydrogen) atoms. The van der Waals surface area contributed by atoms with Gasteiger partial charge in [0.15, 0.2) is 0 Å². The Kier molecular flexibility index (Phi) is 6.08. The monoisotopic (exact) mass is 399 g/mol. The second-order valence-electron chi connectivity index (χ2n) is 6.04. The Morgan fingerprint density at radius 3 is 2.70 bits per heavy atom. The van der Waals surface area contributed by atoms with Crippen LogP contribution in [0.4, 0.5) is 4.39 Å². The maximum atomic E-state index is 13.0. The molecule has 1 saturated heterocycles. The van der Waals surface area contributed by atoms with E-state index < -0.39 is 0 Å². The van der Waals surface area contributed by atoms with Gasteiger partial charge in [-0.1, -0.05) is 53.8 Å². The third-order valence-electron chi connectivity index (χ3n) is 3.94. The van der Waals surface area contributed by atoms with Crippen LogP contribution in [-0.2, 0) is 11.4 Å². The first-order chi connectivity index (χ1) is 13.0. The molecule has 0 saturated carbocycles. The molecule has 0 bridgehead atoms. The molecule has 0 unspecified atom stereocenters. The van der Waals surface area contributed by atoms with Crippen molar-refractivity contribution in [2.75, 3.05) is 6.54 Å². The van der Waals surface area contributed by atoms with Crippen molar-refractivity contribution in [3.8, 4) is 5.75 Å². The van der Waals surface area contributed by atoms with Crippen molar-refractivity contribution < 1.29 is 13.9 Å². The highest BCUT2D eigenvalue weighted by Crippen LogP contribution is 2.34. The number of hydrogen-bond acceptors (Lipinski definition) is 4. The minimum absolute atomic E-state index is 0.129. The van der Waals surface area contributed by atoms with Crippen LogP contribution >= 0.6 is 24.0 Å². The van der Waals surface area contributed by atoms with Crippen molar-refractivity contribution in [2.24, 2.45) is 0 Å². The van der Waals surface area contributed by atoms with Crippen LogP contribution < -0.4 is 4.74 Å². The molecule has 0 spiro atoms. The minimum atomic E-state index is -0.281. The lowest BCUT2D eigenvalue weighted by Gasteiger charge is -2.11. The minimum Gasteiger partial charge on any atom is -0.488 e. The molecule has 1 aliphatic heterocycles. The molecular formula is C21H18FNO2S2. The number of ether oxygens (including phenoxy) is 1. The first kappa shape index (κ1) is 19.3. The van der Waals surface area contributed by atoms with Crippen molar-refractivity contribution in [3.05, 3.63) is 82.5 Å². The van der Waals surface area contributed by atoms with Gasteiger partial charge in [0.25, 0.3) is 5.91 Å². The van der Waals surface area contributed by atoms with Crippen LogP contribution in [-0.4, -0.2) is 21.7 Å². The largest absolute Gasteiger partial charge is 0.488 e. The highest BCUT2D eigenvalue weighted by atomic mass is 32.2. The topological polar surface area (TPSA) is 29.5 Å². The number of thiocarbonyl (C=S) groups is 1. The van der Waals surface area contributed by atoms with E-state index in [0.29, 0.717) is 28.1 Å². The number of halogens is 1. The Hall–Kier alpha value is -2.44. The van der Waals surface area contributed by atoms with Crippen molar-refractivity contribution in [3.63, 3.8) is 0 Å². The number of thioether (sulfide) groups is 1. The zero-order chi connectivity index (χ0) is 19.4. The van der Waals surface area contributed by atoms with Gasteiger partial charge < -0.3 is 4.74 Å². The zero-order valence-corrected chi connectivity index (χ0v) is 16.4. The van der Waals surface area contributed by atoms with E-state index in [9.17, 15) is 9.18 Å². The van der Waals surface area contributed by atoms with Crippen molar-refractivity contribution in [1.29, 1.82) is 0 Å². The van der Waals surface area contributed by atoms with Crippen LogP contribution in [0.3, 0.4) is 0 Å². The molecule has 0 atom stereocenters. The van der Waals surface area contributed by atoms with E-state index in [1.165, 1.54) is 28.8 Å². The zero-order valence-electron chi connectivity index (χ0n) is 14.8. The van der Waals surface area contributed by atoms with Gasteiger partial charge in [0.2, 0.25) is 0 Å². The molecule has 3 rings (SSSR count). The summed E-state index contributed by atoms with van der Waals surface area (Å²) >= 11 is 6.55. The van der Waals surface area contributed by atoms with Gasteiger partial charge in [0.05, 0.1) is 4.91 Å². The van der Waals surface area contributed by atoms with Gasteiger partial charge in [-0.15, -0.1) is 6.58 Å². The van der Waals surface area contributed by atoms with Crippen LogP contribution in [0.5, 0.6) is 5.75 Å². The maximum absolute atomic E-state index is 13.0. The Bertz CT molecular complexity index is 922. The second kappa shape index (κ2) is 8.50. The number of carbonyl (C=O) groups excluding carboxylic acids is 1. The molecule has 1 amide bonds. The van der Waals surface area contributed by atoms with Crippen LogP contribution in [0.2, 0.25) is 0 Å². The molecule has 1 aliphatic rings. The van der Waals surface area contributed by atoms with E-state index in [0.717, 1.165) is 16.7 Å². The first-order valence-corrected chi connectivity index (χ1v) is 9.54. The number of amides is 1. The normalized spacial score (nSPS) is 15.5. The summed E-state index contributed by atoms with van der Waals surface area (Å²) in [7, 11) is 0. The van der Waals surface area contributed by atoms with Gasteiger partial charge in [0.1, 0.15) is 22.5 Å². The van der Waals surface area contributed by atoms with Crippen LogP contribution in [0.25, 0.3) is 6.08 Å². The van der Waals surface area contributed by atoms with E-state index in [2.05, 4.69) is 6.58 Å². The summed E-state index contributed by atoms with van der Waals surface area (Å²) in [5.41, 5.74) is 2.72. The lowest BCUT2D eigenvalue weighted by Crippen LogP contribution is -2.27. The summed E-state index contributed by atoms with van der Waals surface area (Å²) in [5, 5.41) is 0. The highest BCUT2D eigenvalue weighted by Gasteiger charge is 2.31. The molecule has 0 aliphatic carbocycles. The smallest absolute Gasteiger partial charge is 0.266 e. The quantitative estimate of drug-likeness (QED) is 0.384. The molecular weight excluding hydrogens is 381 g/mol. The first-order valence-electron chi connectivity index (χ1n) is 8.32. The maximum Gasteiger partial charge on any atom is 0.266 e. The summed E-state index contributed by atoms with van der Waals surface area (Å²) in [5.74, 6) is 0.242. The van der Waals surface area contributed by atoms with Crippen molar-refractivity contribution in [2.45, 2.75) is 13.5 Å². The summed E-state index contributed by atoms with van der Waals surface area (Å²) in [6.07, 6.45) is 3.45. The fraction of sp³-hybridized carbons (Fsp3) is 0.143. The lowest BCUT2D eigenvalue weighted by atomic mass is 10.1. The molecule has 0 radical (unpaired) electrons. The van der Waals surface area contributed by atoms with Gasteiger partial charge in [-0.2, -0.15) is 0 Å². The number of benzene rings is 2. The molecule has 138 valence electrons. The van der Waals surface area contributed by atoms with Gasteiger partial charge in [-0.3, -0.25) is 9.69 Å². The third kappa shape index (κ3) is 4.64. The Balaban J connectivity index is 1.84. The van der Waals surface area contributed by atoms with Crippen LogP contribution in [0.15, 0.2) is 60.0 Å². The van der Waals surface area contributed by atoms with Crippen molar-refractivity contribution >= 4 is 40.3 Å². The fourth-order valence-corrected chi connectivity index (χ4v) is 3.85. The second-order valence-corrected chi connectivity index (χ2v) is 7.71. The van der Waals surface area contributed by atoms with E-state index in [1.54, 1.807) is 24.3 Å². The van der Waals surface area contributed by atoms with Crippen LogP contribution in [0.1, 0.15) is 16.7 Å². The van der Waals surface area contributed by atoms with E-state index in [-0.39, 0.29) is 11.7 Å². The van der Waals surface area contributed by atoms with Crippen molar-refractivity contribution in [1.82, 2.24) is 4.90 Å². The fourth-order valence-electron chi connectivity index (χ4n) is 2.58. The van der Waals surface area contributed by atoms with Gasteiger partial charge in [-0.25, -0.2) is 4.39 Å². The predicted molar refractivity (Wildman–Crippen MR) is 112 cm³/mol. The standard InChI is InChI=1S/C21H18FNO2S2/c1-3-10-23-20(24)19(27-21(23)26)12-16-11-14(2)4-9-18(16)25-13-15-5-7-17(22)8-6-15/h3-9,11-12H,1,10,13H2,2H3. The highest BCUT2D eigenvalue weighted by molar-refractivity contribution is 8.26. The molecule has 0 N–H and O–H groups in total. The lowest BCUT2D eigenvalue weighted by molar-refractivity contribution is -0.121. The number of carbonyl (C=O) groups is 1. The van der Waals surface area contributed by atoms with Gasteiger partial charge in [0, 0.05) is 12.1 Å². The van der Waals surface area contributed by atoms with Gasteiger partial charge in [-0.05, 0) is 42.8 Å². The molecule has 2 aromatic rings. The summed E-state index contributed by atoms with van der Waals surface area (Å²) in [4.78, 5) is 14.6. The number of rotatable bonds is 6. The SMILES string of the molecule is C=CCN1C(=O)C(=Cc2cc(C)ccc2OCc2ccc(F)cc2)SC1=S. The summed E-state index contributed by atoms with van der Waals surface area (Å²) < 4.78 is 19.5. The molecule has 3 nitrogen and oxygen atoms in total. The van der Waals surface area contributed by atoms with Gasteiger partial charge >= 0.3 is 0 Å². The van der Waals surface area contributed by atoms with E-state index >= 15 is 0 Å². The number of hydrogen-bond donors (Lipinski definition) is 0. The Morgan fingerprint density at radius 1 is 1.26 bits per heavy atom. The molecule has 2 aromatic carbocycles. The average molecular weight is 400 g/mol. The number of aryl methyl sites for hydroxylation is 1. The average Bonchev–Trinajstić information content (AvgIpc) is 2.90. The van der Waals surface area contributed by atoms with E-state index in [1.807, 2.05) is 25.1 Å². The van der Waals surface area contributed by atoms with E-state index in [4.69, 9.17) is 17.0 Å². The Morgan fingerprint density at radius 2 is 2.00 bits per heavy atom. The number of nitrogens with zero attached hydrogens (tertiary/aromatic N) is 1. The molecule has 1 fully saturated rings. The molecule has 1 heterocycles. The summed E-state index contributed by atoms with van der Waals surface area (Å²) in [6.45, 7) is 6.34. The molecule has 0 aromatic heterocycles. The molecule has 6 heteroatoms. The van der Waals surface area contributed by atoms with Crippen LogP contribution in [0, 0.1) is 12.7 Å². The summed E-state index contributed by atoms with van der Waals surface area (Å²) in [6, 6.07) is 11.9. The third-order valence-corrected chi connectivity index (χ3v) is 5.32. The Labute approximate surface area is 167 Å².